The summed E-state index contributed by atoms with van der Waals surface area (Å²) in [6, 6.07) is 0.206. The van der Waals surface area contributed by atoms with Gasteiger partial charge in [-0.15, -0.1) is 0 Å². The standard InChI is InChI=1S/C7H16N2O/c1-4-7(5-8)9(3)6(2)10/h7H,4-5,8H2,1-3H3. The summed E-state index contributed by atoms with van der Waals surface area (Å²) in [6.45, 7) is 4.13. The van der Waals surface area contributed by atoms with Crippen molar-refractivity contribution in [1.82, 2.24) is 4.90 Å². The van der Waals surface area contributed by atoms with Gasteiger partial charge >= 0.3 is 0 Å². The summed E-state index contributed by atoms with van der Waals surface area (Å²) in [5.41, 5.74) is 5.43. The molecule has 0 heterocycles. The number of hydrogen-bond acceptors (Lipinski definition) is 2. The highest BCUT2D eigenvalue weighted by atomic mass is 16.2. The molecule has 3 heteroatoms. The maximum Gasteiger partial charge on any atom is 0.219 e. The van der Waals surface area contributed by atoms with Crippen LogP contribution in [-0.4, -0.2) is 30.4 Å². The van der Waals surface area contributed by atoms with Crippen LogP contribution in [0.2, 0.25) is 0 Å². The third-order valence-electron chi connectivity index (χ3n) is 1.79. The molecule has 0 fully saturated rings. The number of nitrogens with zero attached hydrogens (tertiary/aromatic N) is 1. The fourth-order valence-electron chi connectivity index (χ4n) is 0.856. The predicted molar refractivity (Wildman–Crippen MR) is 41.6 cm³/mol. The Morgan fingerprint density at radius 1 is 1.70 bits per heavy atom. The first-order valence-electron chi connectivity index (χ1n) is 3.56. The maximum atomic E-state index is 10.8. The van der Waals surface area contributed by atoms with Gasteiger partial charge in [0.25, 0.3) is 0 Å². The monoisotopic (exact) mass is 144 g/mol. The zero-order valence-corrected chi connectivity index (χ0v) is 6.92. The quantitative estimate of drug-likeness (QED) is 0.615. The number of carbonyl (C=O) groups excluding carboxylic acids is 1. The van der Waals surface area contributed by atoms with Crippen LogP contribution >= 0.6 is 0 Å². The van der Waals surface area contributed by atoms with Gasteiger partial charge in [0.2, 0.25) is 5.91 Å². The van der Waals surface area contributed by atoms with Gasteiger partial charge in [-0.1, -0.05) is 6.92 Å². The Morgan fingerprint density at radius 3 is 2.30 bits per heavy atom. The number of nitrogens with two attached hydrogens (primary N) is 1. The molecule has 0 bridgehead atoms. The molecular weight excluding hydrogens is 128 g/mol. The lowest BCUT2D eigenvalue weighted by molar-refractivity contribution is -0.129. The van der Waals surface area contributed by atoms with Gasteiger partial charge < -0.3 is 10.6 Å². The molecule has 60 valence electrons. The second-order valence-corrected chi connectivity index (χ2v) is 2.43. The molecule has 2 N–H and O–H groups in total. The van der Waals surface area contributed by atoms with Crippen molar-refractivity contribution in [3.8, 4) is 0 Å². The van der Waals surface area contributed by atoms with Crippen molar-refractivity contribution in [1.29, 1.82) is 0 Å². The van der Waals surface area contributed by atoms with E-state index >= 15 is 0 Å². The third kappa shape index (κ3) is 2.35. The van der Waals surface area contributed by atoms with Crippen LogP contribution in [0.4, 0.5) is 0 Å². The summed E-state index contributed by atoms with van der Waals surface area (Å²) >= 11 is 0. The van der Waals surface area contributed by atoms with Crippen molar-refractivity contribution < 1.29 is 4.79 Å². The molecule has 0 aromatic rings. The molecule has 10 heavy (non-hydrogen) atoms. The van der Waals surface area contributed by atoms with Gasteiger partial charge in [-0.05, 0) is 6.42 Å². The molecule has 0 aliphatic heterocycles. The number of carbonyl (C=O) groups is 1. The molecular formula is C7H16N2O. The molecule has 3 nitrogen and oxygen atoms in total. The molecule has 0 rings (SSSR count). The van der Waals surface area contributed by atoms with E-state index < -0.39 is 0 Å². The number of hydrogen-bond donors (Lipinski definition) is 1. The molecule has 0 aromatic carbocycles. The van der Waals surface area contributed by atoms with Crippen LogP contribution < -0.4 is 5.73 Å². The Balaban J connectivity index is 3.88. The predicted octanol–water partition coefficient (Wildman–Crippen LogP) is 0.202. The van der Waals surface area contributed by atoms with Crippen LogP contribution in [-0.2, 0) is 4.79 Å². The van der Waals surface area contributed by atoms with Gasteiger partial charge in [0.1, 0.15) is 0 Å². The summed E-state index contributed by atoms with van der Waals surface area (Å²) in [6.07, 6.45) is 0.923. The Bertz CT molecular complexity index is 110. The first kappa shape index (κ1) is 9.43. The van der Waals surface area contributed by atoms with E-state index in [4.69, 9.17) is 5.73 Å². The van der Waals surface area contributed by atoms with E-state index in [-0.39, 0.29) is 11.9 Å². The molecule has 0 saturated carbocycles. The van der Waals surface area contributed by atoms with E-state index in [0.29, 0.717) is 6.54 Å². The lowest BCUT2D eigenvalue weighted by atomic mass is 10.2. The fraction of sp³-hybridized carbons (Fsp3) is 0.857. The van der Waals surface area contributed by atoms with Gasteiger partial charge in [-0.2, -0.15) is 0 Å². The third-order valence-corrected chi connectivity index (χ3v) is 1.79. The van der Waals surface area contributed by atoms with Gasteiger partial charge in [-0.3, -0.25) is 4.79 Å². The van der Waals surface area contributed by atoms with Crippen LogP contribution in [0.1, 0.15) is 20.3 Å². The average molecular weight is 144 g/mol. The number of rotatable bonds is 3. The van der Waals surface area contributed by atoms with E-state index in [1.165, 1.54) is 0 Å². The molecule has 1 atom stereocenters. The maximum absolute atomic E-state index is 10.8. The molecule has 0 aromatic heterocycles. The highest BCUT2D eigenvalue weighted by molar-refractivity contribution is 5.73. The second kappa shape index (κ2) is 4.28. The lowest BCUT2D eigenvalue weighted by Gasteiger charge is -2.24. The molecule has 1 amide bonds. The molecule has 0 radical (unpaired) electrons. The highest BCUT2D eigenvalue weighted by Gasteiger charge is 2.11. The summed E-state index contributed by atoms with van der Waals surface area (Å²) in [7, 11) is 1.78. The first-order chi connectivity index (χ1) is 4.63. The van der Waals surface area contributed by atoms with Crippen LogP contribution in [0.5, 0.6) is 0 Å². The summed E-state index contributed by atoms with van der Waals surface area (Å²) < 4.78 is 0. The summed E-state index contributed by atoms with van der Waals surface area (Å²) in [5.74, 6) is 0.0808. The highest BCUT2D eigenvalue weighted by Crippen LogP contribution is 1.98. The molecule has 0 saturated heterocycles. The minimum atomic E-state index is 0.0808. The van der Waals surface area contributed by atoms with Gasteiger partial charge in [0.15, 0.2) is 0 Å². The van der Waals surface area contributed by atoms with Crippen molar-refractivity contribution in [2.45, 2.75) is 26.3 Å². The molecule has 0 aliphatic rings. The van der Waals surface area contributed by atoms with E-state index in [9.17, 15) is 4.79 Å². The fourth-order valence-corrected chi connectivity index (χ4v) is 0.856. The largest absolute Gasteiger partial charge is 0.342 e. The topological polar surface area (TPSA) is 46.3 Å². The van der Waals surface area contributed by atoms with E-state index in [1.807, 2.05) is 6.92 Å². The zero-order valence-electron chi connectivity index (χ0n) is 6.92. The van der Waals surface area contributed by atoms with Crippen molar-refractivity contribution in [2.24, 2.45) is 5.73 Å². The smallest absolute Gasteiger partial charge is 0.219 e. The Labute approximate surface area is 62.2 Å². The van der Waals surface area contributed by atoms with Gasteiger partial charge in [0.05, 0.1) is 0 Å². The van der Waals surface area contributed by atoms with E-state index in [2.05, 4.69) is 0 Å². The first-order valence-corrected chi connectivity index (χ1v) is 3.56. The lowest BCUT2D eigenvalue weighted by Crippen LogP contribution is -2.40. The van der Waals surface area contributed by atoms with Crippen molar-refractivity contribution >= 4 is 5.91 Å². The minimum Gasteiger partial charge on any atom is -0.342 e. The summed E-state index contributed by atoms with van der Waals surface area (Å²) in [4.78, 5) is 12.5. The minimum absolute atomic E-state index is 0.0808. The van der Waals surface area contributed by atoms with Crippen molar-refractivity contribution in [3.05, 3.63) is 0 Å². The van der Waals surface area contributed by atoms with Crippen LogP contribution in [0.15, 0.2) is 0 Å². The molecule has 1 unspecified atom stereocenters. The van der Waals surface area contributed by atoms with Crippen molar-refractivity contribution in [2.75, 3.05) is 13.6 Å². The second-order valence-electron chi connectivity index (χ2n) is 2.43. The average Bonchev–Trinajstić information content (AvgIpc) is 1.90. The van der Waals surface area contributed by atoms with E-state index in [0.717, 1.165) is 6.42 Å². The summed E-state index contributed by atoms with van der Waals surface area (Å²) in [5, 5.41) is 0. The molecule has 0 spiro atoms. The number of amides is 1. The SMILES string of the molecule is CCC(CN)N(C)C(C)=O. The van der Waals surface area contributed by atoms with Crippen LogP contribution in [0.25, 0.3) is 0 Å². The van der Waals surface area contributed by atoms with Crippen molar-refractivity contribution in [3.63, 3.8) is 0 Å². The van der Waals surface area contributed by atoms with Crippen LogP contribution in [0.3, 0.4) is 0 Å². The van der Waals surface area contributed by atoms with Gasteiger partial charge in [-0.25, -0.2) is 0 Å². The Kier molecular flexibility index (Phi) is 4.03. The normalized spacial score (nSPS) is 12.8. The Morgan fingerprint density at radius 2 is 2.20 bits per heavy atom. The Hall–Kier alpha value is -0.570. The number of likely N-dealkylation sites (N-methyl/N-ethyl adjacent to an activating group) is 1. The van der Waals surface area contributed by atoms with E-state index in [1.54, 1.807) is 18.9 Å². The van der Waals surface area contributed by atoms with Crippen LogP contribution in [0, 0.1) is 0 Å². The zero-order chi connectivity index (χ0) is 8.15. The van der Waals surface area contributed by atoms with Gasteiger partial charge in [0, 0.05) is 26.6 Å². The molecule has 0 aliphatic carbocycles.